The minimum absolute atomic E-state index is 0.00000664. The Balaban J connectivity index is 1.27. The van der Waals surface area contributed by atoms with Crippen molar-refractivity contribution in [2.24, 2.45) is 20.5 Å². The first-order chi connectivity index (χ1) is 35.5. The zero-order valence-electron chi connectivity index (χ0n) is 38.9. The maximum atomic E-state index is 13.5. The van der Waals surface area contributed by atoms with Gasteiger partial charge in [0.05, 0.1) is 35.1 Å². The van der Waals surface area contributed by atoms with Gasteiger partial charge in [-0.2, -0.15) is 44.2 Å². The normalized spacial score (nSPS) is 12.1. The Labute approximate surface area is 432 Å². The fourth-order valence-corrected chi connectivity index (χ4v) is 10.1. The molecule has 24 nitrogen and oxygen atoms in total. The molecule has 5 N–H and O–H groups in total. The second-order valence-electron chi connectivity index (χ2n) is 15.5. The zero-order valence-corrected chi connectivity index (χ0v) is 43.0. The number of rotatable bonds is 19. The SMILES string of the molecule is COS(=O)(=O)c1ccc(Nc2nc(Nc3ccc(S(=O)(=O)OC)cc3)c(N=Nc3nc(-c4ccc(NC(=O)c5ccc(CS(=O)(=O)O)cc5CS(=O)(=O)O)cc4)c(N=Nc4ccccc4C#N)s3)c(C)c2C#N)cc1. The van der Waals surface area contributed by atoms with Gasteiger partial charge >= 0.3 is 0 Å². The van der Waals surface area contributed by atoms with Gasteiger partial charge in [0.25, 0.3) is 46.4 Å². The van der Waals surface area contributed by atoms with Crippen LogP contribution in [0, 0.1) is 29.6 Å². The molecule has 0 saturated carbocycles. The monoisotopic (exact) mass is 1110 g/mol. The van der Waals surface area contributed by atoms with Crippen molar-refractivity contribution in [2.45, 2.75) is 28.2 Å². The summed E-state index contributed by atoms with van der Waals surface area (Å²) in [6.07, 6.45) is 0. The van der Waals surface area contributed by atoms with Crippen molar-refractivity contribution in [3.8, 4) is 23.4 Å². The smallest absolute Gasteiger partial charge is 0.296 e. The van der Waals surface area contributed by atoms with E-state index in [2.05, 4.69) is 60.8 Å². The third kappa shape index (κ3) is 13.7. The Kier molecular flexibility index (Phi) is 16.4. The molecular formula is C46H37N11O13S5. The average molecular weight is 1110 g/mol. The van der Waals surface area contributed by atoms with Crippen molar-refractivity contribution in [3.05, 3.63) is 149 Å². The maximum absolute atomic E-state index is 13.5. The lowest BCUT2D eigenvalue weighted by atomic mass is 10.0. The summed E-state index contributed by atoms with van der Waals surface area (Å²) in [5, 5.41) is 46.6. The molecule has 2 heterocycles. The van der Waals surface area contributed by atoms with E-state index >= 15 is 0 Å². The van der Waals surface area contributed by atoms with Gasteiger partial charge in [-0.3, -0.25) is 22.3 Å². The number of carbonyl (C=O) groups excluding carboxylic acids is 1. The van der Waals surface area contributed by atoms with Crippen LogP contribution < -0.4 is 16.0 Å². The Morgan fingerprint density at radius 3 is 1.80 bits per heavy atom. The first kappa shape index (κ1) is 54.5. The summed E-state index contributed by atoms with van der Waals surface area (Å²) in [6.45, 7) is 1.57. The quantitative estimate of drug-likeness (QED) is 0.0286. The molecule has 0 aliphatic carbocycles. The van der Waals surface area contributed by atoms with Crippen LogP contribution in [0.2, 0.25) is 0 Å². The number of aromatic nitrogens is 2. The summed E-state index contributed by atoms with van der Waals surface area (Å²) < 4.78 is 124. The number of hydrogen-bond donors (Lipinski definition) is 5. The molecule has 0 spiro atoms. The van der Waals surface area contributed by atoms with Gasteiger partial charge in [0.15, 0.2) is 16.6 Å². The molecule has 0 atom stereocenters. The van der Waals surface area contributed by atoms with Crippen LogP contribution in [0.25, 0.3) is 11.3 Å². The molecule has 0 aliphatic heterocycles. The summed E-state index contributed by atoms with van der Waals surface area (Å²) in [7, 11) is -15.2. The second-order valence-corrected chi connectivity index (χ2v) is 22.8. The lowest BCUT2D eigenvalue weighted by Crippen LogP contribution is -2.16. The number of anilines is 5. The molecule has 0 fully saturated rings. The van der Waals surface area contributed by atoms with Gasteiger partial charge in [-0.1, -0.05) is 47.7 Å². The number of carbonyl (C=O) groups is 1. The van der Waals surface area contributed by atoms with Crippen LogP contribution in [0.5, 0.6) is 0 Å². The number of amides is 1. The van der Waals surface area contributed by atoms with E-state index in [4.69, 9.17) is 0 Å². The number of hydrogen-bond acceptors (Lipinski definition) is 22. The van der Waals surface area contributed by atoms with E-state index in [1.54, 1.807) is 43.3 Å². The number of nitrogens with one attached hydrogen (secondary N) is 3. The summed E-state index contributed by atoms with van der Waals surface area (Å²) in [5.74, 6) is -2.71. The Hall–Kier alpha value is -8.23. The number of nitrogens with zero attached hydrogens (tertiary/aromatic N) is 8. The standard InChI is InChI=1S/C46H37N11O13S5/c1-27-38(24-48)42(49-32-13-17-35(18-14-32)74(65,66)69-2)53-43(50-33-15-19-36(20-16-33)75(67,68)70-3)40(27)55-57-46-52-41(45(71-46)56-54-39-7-5-4-6-30(39)23-47)29-9-11-34(12-10-29)51-44(58)37-21-8-28(25-72(59,60)61)22-31(37)26-73(62,63)64/h4-22H,25-26H2,1-3H3,(H,51,58)(H2,49,50,53)(H,59,60,61)(H,62,63,64). The third-order valence-electron chi connectivity index (χ3n) is 10.4. The van der Waals surface area contributed by atoms with Crippen LogP contribution in [0.3, 0.4) is 0 Å². The van der Waals surface area contributed by atoms with Crippen molar-refractivity contribution in [1.29, 1.82) is 10.5 Å². The van der Waals surface area contributed by atoms with E-state index in [1.165, 1.54) is 66.7 Å². The minimum Gasteiger partial charge on any atom is -0.339 e. The summed E-state index contributed by atoms with van der Waals surface area (Å²) in [5.41, 5.74) is 1.71. The zero-order chi connectivity index (χ0) is 54.3. The predicted molar refractivity (Wildman–Crippen MR) is 273 cm³/mol. The molecule has 29 heteroatoms. The van der Waals surface area contributed by atoms with Crippen LogP contribution in [0.1, 0.15) is 38.2 Å². The second kappa shape index (κ2) is 22.5. The first-order valence-electron chi connectivity index (χ1n) is 21.1. The third-order valence-corrected chi connectivity index (χ3v) is 15.2. The molecule has 7 aromatic rings. The molecular weight excluding hydrogens is 1070 g/mol. The van der Waals surface area contributed by atoms with Gasteiger partial charge in [0.2, 0.25) is 5.13 Å². The van der Waals surface area contributed by atoms with Gasteiger partial charge < -0.3 is 16.0 Å². The van der Waals surface area contributed by atoms with E-state index in [-0.39, 0.29) is 87.7 Å². The van der Waals surface area contributed by atoms with Crippen molar-refractivity contribution in [2.75, 3.05) is 30.2 Å². The average Bonchev–Trinajstić information content (AvgIpc) is 3.78. The van der Waals surface area contributed by atoms with Crippen LogP contribution in [-0.2, 0) is 60.3 Å². The first-order valence-corrected chi connectivity index (χ1v) is 27.9. The number of nitriles is 2. The summed E-state index contributed by atoms with van der Waals surface area (Å²) >= 11 is 0.924. The highest BCUT2D eigenvalue weighted by Gasteiger charge is 2.23. The van der Waals surface area contributed by atoms with Gasteiger partial charge in [-0.25, -0.2) is 9.97 Å². The maximum Gasteiger partial charge on any atom is 0.296 e. The molecule has 1 amide bonds. The lowest BCUT2D eigenvalue weighted by molar-refractivity contribution is 0.102. The van der Waals surface area contributed by atoms with Gasteiger partial charge in [-0.05, 0) is 96.9 Å². The topological polar surface area (TPSA) is 371 Å². The van der Waals surface area contributed by atoms with E-state index in [0.717, 1.165) is 37.7 Å². The Morgan fingerprint density at radius 2 is 1.24 bits per heavy atom. The van der Waals surface area contributed by atoms with E-state index < -0.39 is 57.9 Å². The molecule has 75 heavy (non-hydrogen) atoms. The molecule has 384 valence electrons. The van der Waals surface area contributed by atoms with Crippen LogP contribution in [0.4, 0.5) is 50.2 Å². The molecule has 0 unspecified atom stereocenters. The highest BCUT2D eigenvalue weighted by molar-refractivity contribution is 7.87. The van der Waals surface area contributed by atoms with E-state index in [0.29, 0.717) is 16.9 Å². The van der Waals surface area contributed by atoms with Crippen molar-refractivity contribution >= 4 is 108 Å². The lowest BCUT2D eigenvalue weighted by Gasteiger charge is -2.16. The largest absolute Gasteiger partial charge is 0.339 e. The molecule has 0 radical (unpaired) electrons. The molecule has 0 bridgehead atoms. The van der Waals surface area contributed by atoms with E-state index in [1.807, 2.05) is 6.07 Å². The fraction of sp³-hybridized carbons (Fsp3) is 0.109. The molecule has 5 aromatic carbocycles. The highest BCUT2D eigenvalue weighted by atomic mass is 32.2. The van der Waals surface area contributed by atoms with Crippen LogP contribution in [0.15, 0.2) is 146 Å². The molecule has 2 aromatic heterocycles. The number of azo groups is 2. The van der Waals surface area contributed by atoms with Crippen molar-refractivity contribution in [3.63, 3.8) is 0 Å². The number of thiazole rings is 1. The summed E-state index contributed by atoms with van der Waals surface area (Å²) in [4.78, 5) is 22.5. The summed E-state index contributed by atoms with van der Waals surface area (Å²) in [6, 6.07) is 31.0. The predicted octanol–water partition coefficient (Wildman–Crippen LogP) is 9.27. The van der Waals surface area contributed by atoms with E-state index in [9.17, 15) is 58.1 Å². The molecule has 7 rings (SSSR count). The Morgan fingerprint density at radius 1 is 0.667 bits per heavy atom. The molecule has 0 saturated heterocycles. The Bertz CT molecular complexity index is 3970. The van der Waals surface area contributed by atoms with Crippen LogP contribution >= 0.6 is 11.3 Å². The fourth-order valence-electron chi connectivity index (χ4n) is 6.85. The van der Waals surface area contributed by atoms with Crippen molar-refractivity contribution in [1.82, 2.24) is 9.97 Å². The van der Waals surface area contributed by atoms with Gasteiger partial charge in [0, 0.05) is 33.8 Å². The van der Waals surface area contributed by atoms with Gasteiger partial charge in [-0.15, -0.1) is 20.5 Å². The number of pyridine rings is 1. The van der Waals surface area contributed by atoms with Gasteiger partial charge in [0.1, 0.15) is 40.7 Å². The van der Waals surface area contributed by atoms with Crippen LogP contribution in [-0.4, -0.2) is 72.9 Å². The number of benzene rings is 5. The highest BCUT2D eigenvalue weighted by Crippen LogP contribution is 2.43. The molecule has 0 aliphatic rings. The minimum atomic E-state index is -4.70. The van der Waals surface area contributed by atoms with Crippen molar-refractivity contribution < 1.29 is 55.9 Å².